The highest BCUT2D eigenvalue weighted by atomic mass is 35.5. The average molecular weight is 468 g/mol. The quantitative estimate of drug-likeness (QED) is 0.631. The van der Waals surface area contributed by atoms with Crippen LogP contribution in [0.3, 0.4) is 0 Å². The zero-order chi connectivity index (χ0) is 23.7. The lowest BCUT2D eigenvalue weighted by molar-refractivity contribution is -0.136. The molecule has 1 aliphatic carbocycles. The Bertz CT molecular complexity index is 1170. The van der Waals surface area contributed by atoms with Crippen molar-refractivity contribution in [3.63, 3.8) is 0 Å². The lowest BCUT2D eigenvalue weighted by Gasteiger charge is -2.37. The van der Waals surface area contributed by atoms with Crippen LogP contribution in [0.25, 0.3) is 0 Å². The summed E-state index contributed by atoms with van der Waals surface area (Å²) in [5, 5.41) is 3.99. The van der Waals surface area contributed by atoms with E-state index >= 15 is 0 Å². The van der Waals surface area contributed by atoms with Gasteiger partial charge in [-0.25, -0.2) is 4.79 Å². The van der Waals surface area contributed by atoms with Crippen LogP contribution in [0.15, 0.2) is 65.0 Å². The molecule has 0 unspecified atom stereocenters. The number of hydrogen-bond acceptors (Lipinski definition) is 6. The number of allylic oxidation sites excluding steroid dienone is 3. The van der Waals surface area contributed by atoms with Gasteiger partial charge in [0.2, 0.25) is 0 Å². The van der Waals surface area contributed by atoms with E-state index in [-0.39, 0.29) is 11.7 Å². The first-order valence-corrected chi connectivity index (χ1v) is 11.1. The van der Waals surface area contributed by atoms with E-state index in [4.69, 9.17) is 25.8 Å². The highest BCUT2D eigenvalue weighted by Gasteiger charge is 2.42. The van der Waals surface area contributed by atoms with Crippen LogP contribution in [0.2, 0.25) is 5.02 Å². The Balaban J connectivity index is 1.86. The van der Waals surface area contributed by atoms with Crippen molar-refractivity contribution >= 4 is 23.4 Å². The average Bonchev–Trinajstić information content (AvgIpc) is 2.82. The molecule has 0 aromatic heterocycles. The largest absolute Gasteiger partial charge is 0.497 e. The third-order valence-electron chi connectivity index (χ3n) is 6.32. The van der Waals surface area contributed by atoms with Crippen LogP contribution in [-0.2, 0) is 14.3 Å². The topological polar surface area (TPSA) is 73.9 Å². The molecule has 33 heavy (non-hydrogen) atoms. The molecule has 0 spiro atoms. The van der Waals surface area contributed by atoms with E-state index in [0.717, 1.165) is 11.3 Å². The Kier molecular flexibility index (Phi) is 6.47. The molecule has 1 aliphatic heterocycles. The second kappa shape index (κ2) is 9.32. The van der Waals surface area contributed by atoms with Crippen molar-refractivity contribution in [2.24, 2.45) is 0 Å². The number of carbonyl (C=O) groups is 2. The molecule has 4 rings (SSSR count). The zero-order valence-electron chi connectivity index (χ0n) is 19.0. The molecule has 2 aliphatic rings. The molecule has 2 atom stereocenters. The second-order valence-corrected chi connectivity index (χ2v) is 8.60. The number of ether oxygens (including phenoxy) is 3. The molecule has 7 heteroatoms. The third kappa shape index (κ3) is 4.23. The van der Waals surface area contributed by atoms with Crippen molar-refractivity contribution in [1.82, 2.24) is 5.32 Å². The lowest BCUT2D eigenvalue weighted by Crippen LogP contribution is -2.36. The fraction of sp³-hybridized carbons (Fsp3) is 0.308. The smallest absolute Gasteiger partial charge is 0.336 e. The van der Waals surface area contributed by atoms with Gasteiger partial charge in [0.15, 0.2) is 5.78 Å². The minimum absolute atomic E-state index is 0.0151. The Labute approximate surface area is 198 Å². The SMILES string of the molecule is COC(=O)C1=C(C)NC2=C(C(=O)C[C@H](c3ccc(Cl)cc3)C2)[C@H]1c1cc(OC)ccc1OC. The molecule has 0 fully saturated rings. The number of Topliss-reactive ketones (excluding diaryl/α,β-unsaturated/α-hetero) is 1. The number of ketones is 1. The minimum atomic E-state index is -0.627. The summed E-state index contributed by atoms with van der Waals surface area (Å²) >= 11 is 6.05. The van der Waals surface area contributed by atoms with Gasteiger partial charge in [-0.15, -0.1) is 0 Å². The van der Waals surface area contributed by atoms with Gasteiger partial charge < -0.3 is 19.5 Å². The van der Waals surface area contributed by atoms with Crippen LogP contribution in [0.4, 0.5) is 0 Å². The van der Waals surface area contributed by atoms with E-state index in [0.29, 0.717) is 51.8 Å². The molecule has 2 aromatic carbocycles. The summed E-state index contributed by atoms with van der Waals surface area (Å²) in [4.78, 5) is 26.5. The molecule has 1 heterocycles. The number of halogens is 1. The molecule has 0 bridgehead atoms. The van der Waals surface area contributed by atoms with Crippen molar-refractivity contribution in [2.45, 2.75) is 31.6 Å². The highest BCUT2D eigenvalue weighted by molar-refractivity contribution is 6.30. The Hall–Kier alpha value is -3.25. The fourth-order valence-electron chi connectivity index (χ4n) is 4.77. The number of esters is 1. The summed E-state index contributed by atoms with van der Waals surface area (Å²) in [5.41, 5.74) is 4.16. The third-order valence-corrected chi connectivity index (χ3v) is 6.57. The number of nitrogens with one attached hydrogen (secondary N) is 1. The summed E-state index contributed by atoms with van der Waals surface area (Å²) in [6.07, 6.45) is 0.968. The van der Waals surface area contributed by atoms with E-state index in [1.54, 1.807) is 26.4 Å². The van der Waals surface area contributed by atoms with E-state index in [1.807, 2.05) is 37.3 Å². The van der Waals surface area contributed by atoms with Crippen molar-refractivity contribution in [1.29, 1.82) is 0 Å². The van der Waals surface area contributed by atoms with Crippen molar-refractivity contribution in [2.75, 3.05) is 21.3 Å². The van der Waals surface area contributed by atoms with Gasteiger partial charge in [0.1, 0.15) is 11.5 Å². The van der Waals surface area contributed by atoms with Crippen molar-refractivity contribution in [3.05, 3.63) is 81.2 Å². The molecule has 0 amide bonds. The van der Waals surface area contributed by atoms with E-state index in [2.05, 4.69) is 5.32 Å². The molecule has 0 radical (unpaired) electrons. The van der Waals surface area contributed by atoms with Gasteiger partial charge in [0.05, 0.1) is 32.8 Å². The van der Waals surface area contributed by atoms with E-state index < -0.39 is 11.9 Å². The number of carbonyl (C=O) groups excluding carboxylic acids is 2. The maximum atomic E-state index is 13.6. The molecule has 0 saturated carbocycles. The van der Waals surface area contributed by atoms with Gasteiger partial charge in [-0.1, -0.05) is 23.7 Å². The number of rotatable bonds is 5. The van der Waals surface area contributed by atoms with Gasteiger partial charge in [0.25, 0.3) is 0 Å². The zero-order valence-corrected chi connectivity index (χ0v) is 19.8. The maximum absolute atomic E-state index is 13.6. The van der Waals surface area contributed by atoms with Crippen LogP contribution < -0.4 is 14.8 Å². The number of methoxy groups -OCH3 is 3. The van der Waals surface area contributed by atoms with Gasteiger partial charge in [-0.2, -0.15) is 0 Å². The molecule has 2 aromatic rings. The summed E-state index contributed by atoms with van der Waals surface area (Å²) in [6, 6.07) is 13.0. The van der Waals surface area contributed by atoms with Crippen LogP contribution in [0, 0.1) is 0 Å². The first-order chi connectivity index (χ1) is 15.9. The highest BCUT2D eigenvalue weighted by Crippen LogP contribution is 2.48. The molecular formula is C26H26ClNO5. The van der Waals surface area contributed by atoms with Gasteiger partial charge in [-0.05, 0) is 55.2 Å². The fourth-order valence-corrected chi connectivity index (χ4v) is 4.89. The maximum Gasteiger partial charge on any atom is 0.336 e. The van der Waals surface area contributed by atoms with Gasteiger partial charge >= 0.3 is 5.97 Å². The van der Waals surface area contributed by atoms with E-state index in [1.165, 1.54) is 7.11 Å². The second-order valence-electron chi connectivity index (χ2n) is 8.17. The molecule has 1 N–H and O–H groups in total. The van der Waals surface area contributed by atoms with E-state index in [9.17, 15) is 9.59 Å². The summed E-state index contributed by atoms with van der Waals surface area (Å²) in [5.74, 6) is 0.0484. The Morgan fingerprint density at radius 2 is 1.76 bits per heavy atom. The molecule has 0 saturated heterocycles. The van der Waals surface area contributed by atoms with Crippen LogP contribution >= 0.6 is 11.6 Å². The first-order valence-electron chi connectivity index (χ1n) is 10.7. The Morgan fingerprint density at radius 1 is 1.03 bits per heavy atom. The number of dihydropyridines is 1. The summed E-state index contributed by atoms with van der Waals surface area (Å²) in [7, 11) is 4.48. The van der Waals surface area contributed by atoms with Crippen molar-refractivity contribution < 1.29 is 23.8 Å². The number of hydrogen-bond donors (Lipinski definition) is 1. The normalized spacial score (nSPS) is 20.2. The molecular weight excluding hydrogens is 442 g/mol. The monoisotopic (exact) mass is 467 g/mol. The van der Waals surface area contributed by atoms with Crippen LogP contribution in [0.5, 0.6) is 11.5 Å². The van der Waals surface area contributed by atoms with Crippen molar-refractivity contribution in [3.8, 4) is 11.5 Å². The first kappa shape index (κ1) is 22.9. The predicted molar refractivity (Wildman–Crippen MR) is 126 cm³/mol. The number of benzene rings is 2. The Morgan fingerprint density at radius 3 is 2.39 bits per heavy atom. The summed E-state index contributed by atoms with van der Waals surface area (Å²) in [6.45, 7) is 1.83. The van der Waals surface area contributed by atoms with Crippen LogP contribution in [-0.4, -0.2) is 33.1 Å². The lowest BCUT2D eigenvalue weighted by atomic mass is 9.71. The van der Waals surface area contributed by atoms with Gasteiger partial charge in [0, 0.05) is 34.0 Å². The summed E-state index contributed by atoms with van der Waals surface area (Å²) < 4.78 is 16.1. The predicted octanol–water partition coefficient (Wildman–Crippen LogP) is 4.89. The minimum Gasteiger partial charge on any atom is -0.497 e. The molecule has 6 nitrogen and oxygen atoms in total. The van der Waals surface area contributed by atoms with Crippen LogP contribution in [0.1, 0.15) is 42.7 Å². The van der Waals surface area contributed by atoms with Gasteiger partial charge in [-0.3, -0.25) is 4.79 Å². The standard InChI is InChI=1S/C26H26ClNO5/c1-14-23(26(30)33-4)24(19-13-18(31-2)9-10-22(19)32-3)25-20(28-14)11-16(12-21(25)29)15-5-7-17(27)8-6-15/h5-10,13,16,24,28H,11-12H2,1-4H3/t16-,24+/m1/s1. The molecule has 172 valence electrons.